The van der Waals surface area contributed by atoms with E-state index in [4.69, 9.17) is 4.74 Å². The largest absolute Gasteiger partial charge is 0.491 e. The summed E-state index contributed by atoms with van der Waals surface area (Å²) in [7, 11) is 0. The van der Waals surface area contributed by atoms with Crippen molar-refractivity contribution in [2.24, 2.45) is 0 Å². The SMILES string of the molecule is CCCCCC[C@H](C)Oc1ccc(Br)cc1. The zero-order valence-electron chi connectivity index (χ0n) is 10.2. The molecule has 0 spiro atoms. The highest BCUT2D eigenvalue weighted by molar-refractivity contribution is 9.10. The van der Waals surface area contributed by atoms with Gasteiger partial charge >= 0.3 is 0 Å². The van der Waals surface area contributed by atoms with Crippen molar-refractivity contribution in [3.05, 3.63) is 28.7 Å². The Balaban J connectivity index is 2.23. The molecule has 90 valence electrons. The van der Waals surface area contributed by atoms with Crippen LogP contribution in [0.5, 0.6) is 5.75 Å². The van der Waals surface area contributed by atoms with Crippen LogP contribution in [0, 0.1) is 0 Å². The molecule has 0 saturated heterocycles. The molecule has 0 saturated carbocycles. The van der Waals surface area contributed by atoms with E-state index in [0.29, 0.717) is 6.10 Å². The molecule has 0 radical (unpaired) electrons. The molecule has 0 bridgehead atoms. The van der Waals surface area contributed by atoms with Crippen LogP contribution in [0.4, 0.5) is 0 Å². The first kappa shape index (κ1) is 13.6. The maximum atomic E-state index is 5.83. The first-order valence-electron chi connectivity index (χ1n) is 6.14. The van der Waals surface area contributed by atoms with Gasteiger partial charge in [-0.3, -0.25) is 0 Å². The van der Waals surface area contributed by atoms with Crippen molar-refractivity contribution in [2.75, 3.05) is 0 Å². The van der Waals surface area contributed by atoms with Crippen molar-refractivity contribution in [3.63, 3.8) is 0 Å². The average molecular weight is 285 g/mol. The normalized spacial score (nSPS) is 12.4. The first-order valence-corrected chi connectivity index (χ1v) is 6.94. The second-order valence-corrected chi connectivity index (χ2v) is 5.15. The van der Waals surface area contributed by atoms with Crippen molar-refractivity contribution >= 4 is 15.9 Å². The van der Waals surface area contributed by atoms with Crippen molar-refractivity contribution in [3.8, 4) is 5.75 Å². The van der Waals surface area contributed by atoms with Gasteiger partial charge in [-0.15, -0.1) is 0 Å². The van der Waals surface area contributed by atoms with Crippen LogP contribution in [0.2, 0.25) is 0 Å². The maximum Gasteiger partial charge on any atom is 0.119 e. The number of hydrogen-bond donors (Lipinski definition) is 0. The summed E-state index contributed by atoms with van der Waals surface area (Å²) < 4.78 is 6.92. The van der Waals surface area contributed by atoms with E-state index in [1.165, 1.54) is 25.7 Å². The Labute approximate surface area is 107 Å². The maximum absolute atomic E-state index is 5.83. The molecule has 0 heterocycles. The minimum Gasteiger partial charge on any atom is -0.491 e. The predicted octanol–water partition coefficient (Wildman–Crippen LogP) is 5.19. The van der Waals surface area contributed by atoms with E-state index in [9.17, 15) is 0 Å². The molecule has 0 aromatic heterocycles. The fraction of sp³-hybridized carbons (Fsp3) is 0.571. The van der Waals surface area contributed by atoms with Crippen LogP contribution in [0.15, 0.2) is 28.7 Å². The number of benzene rings is 1. The predicted molar refractivity (Wildman–Crippen MR) is 73.0 cm³/mol. The van der Waals surface area contributed by atoms with Crippen LogP contribution in [0.25, 0.3) is 0 Å². The van der Waals surface area contributed by atoms with Gasteiger partial charge < -0.3 is 4.74 Å². The fourth-order valence-electron chi connectivity index (χ4n) is 1.66. The molecule has 0 amide bonds. The van der Waals surface area contributed by atoms with Gasteiger partial charge in [0.05, 0.1) is 6.10 Å². The lowest BCUT2D eigenvalue weighted by atomic mass is 10.1. The van der Waals surface area contributed by atoms with E-state index in [-0.39, 0.29) is 0 Å². The molecule has 1 aromatic rings. The summed E-state index contributed by atoms with van der Waals surface area (Å²) in [6.45, 7) is 4.38. The lowest BCUT2D eigenvalue weighted by Crippen LogP contribution is -2.11. The van der Waals surface area contributed by atoms with Gasteiger partial charge in [0, 0.05) is 4.47 Å². The molecule has 0 N–H and O–H groups in total. The number of ether oxygens (including phenoxy) is 1. The third-order valence-electron chi connectivity index (χ3n) is 2.62. The van der Waals surface area contributed by atoms with Gasteiger partial charge in [-0.1, -0.05) is 42.1 Å². The van der Waals surface area contributed by atoms with Crippen LogP contribution >= 0.6 is 15.9 Å². The minimum absolute atomic E-state index is 0.318. The van der Waals surface area contributed by atoms with Crippen LogP contribution in [0.1, 0.15) is 46.0 Å². The van der Waals surface area contributed by atoms with Gasteiger partial charge in [-0.2, -0.15) is 0 Å². The Hall–Kier alpha value is -0.500. The highest BCUT2D eigenvalue weighted by Crippen LogP contribution is 2.18. The second-order valence-electron chi connectivity index (χ2n) is 4.23. The third kappa shape index (κ3) is 5.55. The van der Waals surface area contributed by atoms with Crippen molar-refractivity contribution in [1.82, 2.24) is 0 Å². The summed E-state index contributed by atoms with van der Waals surface area (Å²) >= 11 is 3.42. The lowest BCUT2D eigenvalue weighted by Gasteiger charge is -2.14. The quantitative estimate of drug-likeness (QED) is 0.627. The Kier molecular flexibility index (Phi) is 6.55. The summed E-state index contributed by atoms with van der Waals surface area (Å²) in [5.74, 6) is 0.964. The van der Waals surface area contributed by atoms with Gasteiger partial charge in [0.2, 0.25) is 0 Å². The molecular formula is C14H21BrO. The minimum atomic E-state index is 0.318. The van der Waals surface area contributed by atoms with E-state index < -0.39 is 0 Å². The topological polar surface area (TPSA) is 9.23 Å². The third-order valence-corrected chi connectivity index (χ3v) is 3.14. The number of hydrogen-bond acceptors (Lipinski definition) is 1. The number of rotatable bonds is 7. The molecule has 1 rings (SSSR count). The molecule has 1 atom stereocenters. The summed E-state index contributed by atoms with van der Waals surface area (Å²) in [5, 5.41) is 0. The van der Waals surface area contributed by atoms with Crippen molar-refractivity contribution in [2.45, 2.75) is 52.1 Å². The molecule has 0 fully saturated rings. The number of halogens is 1. The van der Waals surface area contributed by atoms with Gasteiger partial charge in [-0.25, -0.2) is 0 Å². The zero-order chi connectivity index (χ0) is 11.8. The van der Waals surface area contributed by atoms with Crippen LogP contribution in [-0.4, -0.2) is 6.10 Å². The Morgan fingerprint density at radius 1 is 1.12 bits per heavy atom. The first-order chi connectivity index (χ1) is 7.72. The molecule has 0 aliphatic carbocycles. The summed E-state index contributed by atoms with van der Waals surface area (Å²) in [5.41, 5.74) is 0. The monoisotopic (exact) mass is 284 g/mol. The van der Waals surface area contributed by atoms with Gasteiger partial charge in [0.15, 0.2) is 0 Å². The van der Waals surface area contributed by atoms with Crippen molar-refractivity contribution < 1.29 is 4.74 Å². The Bertz CT molecular complexity index is 281. The molecule has 2 heteroatoms. The van der Waals surface area contributed by atoms with Gasteiger partial charge in [-0.05, 0) is 44.0 Å². The van der Waals surface area contributed by atoms with Gasteiger partial charge in [0.1, 0.15) is 5.75 Å². The smallest absolute Gasteiger partial charge is 0.119 e. The Morgan fingerprint density at radius 3 is 2.44 bits per heavy atom. The van der Waals surface area contributed by atoms with E-state index in [1.54, 1.807) is 0 Å². The zero-order valence-corrected chi connectivity index (χ0v) is 11.8. The van der Waals surface area contributed by atoms with Crippen molar-refractivity contribution in [1.29, 1.82) is 0 Å². The standard InChI is InChI=1S/C14H21BrO/c1-3-4-5-6-7-12(2)16-14-10-8-13(15)9-11-14/h8-12H,3-7H2,1-2H3/t12-/m0/s1. The highest BCUT2D eigenvalue weighted by Gasteiger charge is 2.03. The van der Waals surface area contributed by atoms with Gasteiger partial charge in [0.25, 0.3) is 0 Å². The summed E-state index contributed by atoms with van der Waals surface area (Å²) in [6.07, 6.45) is 6.69. The van der Waals surface area contributed by atoms with Crippen LogP contribution in [-0.2, 0) is 0 Å². The molecular weight excluding hydrogens is 264 g/mol. The molecule has 1 aromatic carbocycles. The molecule has 1 nitrogen and oxygen atoms in total. The second kappa shape index (κ2) is 7.72. The Morgan fingerprint density at radius 2 is 1.81 bits per heavy atom. The fourth-order valence-corrected chi connectivity index (χ4v) is 1.93. The molecule has 0 unspecified atom stereocenters. The molecule has 0 aliphatic rings. The summed E-state index contributed by atoms with van der Waals surface area (Å²) in [4.78, 5) is 0. The van der Waals surface area contributed by atoms with E-state index in [0.717, 1.165) is 16.6 Å². The summed E-state index contributed by atoms with van der Waals surface area (Å²) in [6, 6.07) is 8.04. The van der Waals surface area contributed by atoms with E-state index >= 15 is 0 Å². The van der Waals surface area contributed by atoms with E-state index in [2.05, 4.69) is 29.8 Å². The lowest BCUT2D eigenvalue weighted by molar-refractivity contribution is 0.206. The van der Waals surface area contributed by atoms with Crippen LogP contribution < -0.4 is 4.74 Å². The number of unbranched alkanes of at least 4 members (excludes halogenated alkanes) is 3. The average Bonchev–Trinajstić information content (AvgIpc) is 2.28. The van der Waals surface area contributed by atoms with E-state index in [1.807, 2.05) is 24.3 Å². The molecule has 0 aliphatic heterocycles. The molecule has 16 heavy (non-hydrogen) atoms. The van der Waals surface area contributed by atoms with Crippen LogP contribution in [0.3, 0.4) is 0 Å². The highest BCUT2D eigenvalue weighted by atomic mass is 79.9.